The number of aromatic nitrogens is 1. The van der Waals surface area contributed by atoms with Crippen LogP contribution in [0.15, 0.2) is 48.7 Å². The fraction of sp³-hybridized carbons (Fsp3) is 0.528. The Labute approximate surface area is 272 Å². The lowest BCUT2D eigenvalue weighted by molar-refractivity contribution is -0.141. The molecule has 0 aliphatic carbocycles. The van der Waals surface area contributed by atoms with E-state index in [1.807, 2.05) is 93.3 Å². The van der Waals surface area contributed by atoms with Crippen LogP contribution in [0.2, 0.25) is 5.02 Å². The second kappa shape index (κ2) is 14.0. The Morgan fingerprint density at radius 1 is 1.07 bits per heavy atom. The molecule has 0 spiro atoms. The Kier molecular flexibility index (Phi) is 10.2. The lowest BCUT2D eigenvalue weighted by Gasteiger charge is -2.38. The molecule has 0 saturated carbocycles. The third kappa shape index (κ3) is 8.08. The van der Waals surface area contributed by atoms with Crippen LogP contribution in [0.5, 0.6) is 0 Å². The van der Waals surface area contributed by atoms with E-state index in [4.69, 9.17) is 11.6 Å². The van der Waals surface area contributed by atoms with E-state index < -0.39 is 6.04 Å². The van der Waals surface area contributed by atoms with E-state index in [-0.39, 0.29) is 29.1 Å². The van der Waals surface area contributed by atoms with Crippen LogP contribution in [-0.4, -0.2) is 78.8 Å². The molecule has 2 N–H and O–H groups in total. The molecule has 9 heteroatoms. The smallest absolute Gasteiger partial charge is 0.249 e. The van der Waals surface area contributed by atoms with Gasteiger partial charge in [-0.15, -0.1) is 0 Å². The second-order valence-corrected chi connectivity index (χ2v) is 14.7. The molecule has 3 aromatic rings. The van der Waals surface area contributed by atoms with Crippen molar-refractivity contribution in [2.45, 2.75) is 65.3 Å². The molecular formula is C36H48ClN5O3. The summed E-state index contributed by atoms with van der Waals surface area (Å²) in [6.45, 7) is 8.76. The predicted octanol–water partition coefficient (Wildman–Crippen LogP) is 5.68. The van der Waals surface area contributed by atoms with E-state index in [1.165, 1.54) is 0 Å². The number of para-hydroxylation sites is 1. The summed E-state index contributed by atoms with van der Waals surface area (Å²) in [5, 5.41) is 4.87. The highest BCUT2D eigenvalue weighted by molar-refractivity contribution is 6.30. The highest BCUT2D eigenvalue weighted by Gasteiger charge is 2.35. The first-order chi connectivity index (χ1) is 21.4. The number of anilines is 1. The van der Waals surface area contributed by atoms with Gasteiger partial charge in [-0.2, -0.15) is 0 Å². The fourth-order valence-electron chi connectivity index (χ4n) is 6.97. The molecule has 8 nitrogen and oxygen atoms in total. The first kappa shape index (κ1) is 33.0. The van der Waals surface area contributed by atoms with Gasteiger partial charge in [-0.1, -0.05) is 50.6 Å². The Balaban J connectivity index is 1.32. The monoisotopic (exact) mass is 633 g/mol. The summed E-state index contributed by atoms with van der Waals surface area (Å²) in [4.78, 5) is 50.0. The molecule has 3 heterocycles. The number of nitrogens with one attached hydrogen (secondary N) is 2. The number of benzene rings is 2. The normalized spacial score (nSPS) is 18.2. The van der Waals surface area contributed by atoms with Gasteiger partial charge in [-0.05, 0) is 87.0 Å². The zero-order valence-electron chi connectivity index (χ0n) is 27.4. The van der Waals surface area contributed by atoms with E-state index in [2.05, 4.69) is 15.2 Å². The number of halogens is 1. The summed E-state index contributed by atoms with van der Waals surface area (Å²) in [6.07, 6.45) is 6.07. The molecule has 45 heavy (non-hydrogen) atoms. The van der Waals surface area contributed by atoms with Crippen LogP contribution in [0.1, 0.15) is 57.6 Å². The van der Waals surface area contributed by atoms with Crippen molar-refractivity contribution in [3.05, 3.63) is 64.8 Å². The maximum atomic E-state index is 14.5. The van der Waals surface area contributed by atoms with Crippen LogP contribution < -0.4 is 10.2 Å². The van der Waals surface area contributed by atoms with Crippen molar-refractivity contribution in [1.29, 1.82) is 0 Å². The number of hydrogen-bond donors (Lipinski definition) is 2. The van der Waals surface area contributed by atoms with Gasteiger partial charge in [0.15, 0.2) is 0 Å². The number of piperidine rings is 1. The van der Waals surface area contributed by atoms with E-state index in [0.29, 0.717) is 30.3 Å². The molecule has 0 unspecified atom stereocenters. The number of H-pyrrole nitrogens is 1. The van der Waals surface area contributed by atoms with Crippen molar-refractivity contribution in [3.63, 3.8) is 0 Å². The van der Waals surface area contributed by atoms with Crippen LogP contribution in [0.3, 0.4) is 0 Å². The minimum Gasteiger partial charge on any atom is -0.361 e. The van der Waals surface area contributed by atoms with Gasteiger partial charge in [0.05, 0.1) is 0 Å². The SMILES string of the molecule is CN(C)C[C@@H]1Cc2cc(Cl)ccc2N(C(=O)[C@@H](Cc2c[nH]c3ccccc23)NC(=O)CCC2CCN(C(=O)C(C)(C)C)CC2)C1. The fourth-order valence-corrected chi connectivity index (χ4v) is 7.16. The van der Waals surface area contributed by atoms with Crippen molar-refractivity contribution < 1.29 is 14.4 Å². The van der Waals surface area contributed by atoms with Crippen molar-refractivity contribution in [2.24, 2.45) is 17.3 Å². The van der Waals surface area contributed by atoms with Gasteiger partial charge in [-0.3, -0.25) is 14.4 Å². The highest BCUT2D eigenvalue weighted by Crippen LogP contribution is 2.33. The molecule has 2 atom stereocenters. The number of fused-ring (bicyclic) bond motifs is 2. The maximum absolute atomic E-state index is 14.5. The number of likely N-dealkylation sites (tertiary alicyclic amines) is 1. The quantitative estimate of drug-likeness (QED) is 0.317. The number of nitrogens with zero attached hydrogens (tertiary/aromatic N) is 3. The average molecular weight is 634 g/mol. The Bertz CT molecular complexity index is 1520. The molecule has 2 aliphatic rings. The van der Waals surface area contributed by atoms with Crippen molar-refractivity contribution in [3.8, 4) is 0 Å². The van der Waals surface area contributed by atoms with Crippen molar-refractivity contribution in [1.82, 2.24) is 20.1 Å². The largest absolute Gasteiger partial charge is 0.361 e. The maximum Gasteiger partial charge on any atom is 0.249 e. The number of carbonyl (C=O) groups is 3. The van der Waals surface area contributed by atoms with Crippen LogP contribution in [-0.2, 0) is 27.2 Å². The van der Waals surface area contributed by atoms with E-state index in [0.717, 1.165) is 73.0 Å². The van der Waals surface area contributed by atoms with E-state index in [9.17, 15) is 14.4 Å². The molecule has 2 aliphatic heterocycles. The molecule has 2 aromatic carbocycles. The predicted molar refractivity (Wildman–Crippen MR) is 181 cm³/mol. The second-order valence-electron chi connectivity index (χ2n) is 14.3. The van der Waals surface area contributed by atoms with Crippen molar-refractivity contribution in [2.75, 3.05) is 45.2 Å². The topological polar surface area (TPSA) is 88.8 Å². The molecule has 0 radical (unpaired) electrons. The molecule has 5 rings (SSSR count). The number of rotatable bonds is 9. The first-order valence-electron chi connectivity index (χ1n) is 16.3. The average Bonchev–Trinajstić information content (AvgIpc) is 3.40. The summed E-state index contributed by atoms with van der Waals surface area (Å²) in [7, 11) is 4.10. The third-order valence-corrected chi connectivity index (χ3v) is 9.46. The van der Waals surface area contributed by atoms with Gasteiger partial charge < -0.3 is 25.0 Å². The number of amides is 3. The van der Waals surface area contributed by atoms with Gasteiger partial charge in [0.2, 0.25) is 17.7 Å². The van der Waals surface area contributed by atoms with Crippen molar-refractivity contribution >= 4 is 45.9 Å². The lowest BCUT2D eigenvalue weighted by atomic mass is 9.89. The Morgan fingerprint density at radius 3 is 2.51 bits per heavy atom. The molecular weight excluding hydrogens is 586 g/mol. The van der Waals surface area contributed by atoms with E-state index in [1.54, 1.807) is 0 Å². The van der Waals surface area contributed by atoms with Gasteiger partial charge in [0, 0.05) is 72.2 Å². The number of hydrogen-bond acceptors (Lipinski definition) is 4. The summed E-state index contributed by atoms with van der Waals surface area (Å²) < 4.78 is 0. The minimum absolute atomic E-state index is 0.102. The lowest BCUT2D eigenvalue weighted by Crippen LogP contribution is -2.53. The Hall–Kier alpha value is -3.36. The molecule has 1 fully saturated rings. The van der Waals surface area contributed by atoms with Gasteiger partial charge in [0.25, 0.3) is 0 Å². The number of carbonyl (C=O) groups excluding carboxylic acids is 3. The summed E-state index contributed by atoms with van der Waals surface area (Å²) in [6, 6.07) is 13.1. The zero-order chi connectivity index (χ0) is 32.3. The van der Waals surface area contributed by atoms with Crippen LogP contribution >= 0.6 is 11.6 Å². The molecule has 0 bridgehead atoms. The highest BCUT2D eigenvalue weighted by atomic mass is 35.5. The number of aromatic amines is 1. The third-order valence-electron chi connectivity index (χ3n) is 9.23. The van der Waals surface area contributed by atoms with Gasteiger partial charge in [0.1, 0.15) is 6.04 Å². The zero-order valence-corrected chi connectivity index (χ0v) is 28.1. The molecule has 242 valence electrons. The summed E-state index contributed by atoms with van der Waals surface area (Å²) >= 11 is 6.39. The standard InChI is InChI=1S/C36H48ClN5O3/c1-36(2,3)35(45)41-16-14-24(15-17-41)10-13-33(43)39-31(20-27-21-38-30-9-7-6-8-29(27)30)34(44)42-23-25(22-40(4)5)18-26-19-28(37)11-12-32(26)42/h6-9,11-12,19,21,24-25,31,38H,10,13-18,20,22-23H2,1-5H3,(H,39,43)/t25-,31+/m0/s1. The van der Waals surface area contributed by atoms with Crippen LogP contribution in [0.25, 0.3) is 10.9 Å². The summed E-state index contributed by atoms with van der Waals surface area (Å²) in [5.74, 6) is 0.601. The van der Waals surface area contributed by atoms with Crippen LogP contribution in [0.4, 0.5) is 5.69 Å². The molecule has 1 aromatic heterocycles. The van der Waals surface area contributed by atoms with Crippen LogP contribution in [0, 0.1) is 17.3 Å². The van der Waals surface area contributed by atoms with Gasteiger partial charge >= 0.3 is 0 Å². The molecule has 1 saturated heterocycles. The minimum atomic E-state index is -0.718. The molecule has 3 amide bonds. The Morgan fingerprint density at radius 2 is 1.80 bits per heavy atom. The van der Waals surface area contributed by atoms with E-state index >= 15 is 0 Å². The van der Waals surface area contributed by atoms with Gasteiger partial charge in [-0.25, -0.2) is 0 Å². The summed E-state index contributed by atoms with van der Waals surface area (Å²) in [5.41, 5.74) is 3.55. The first-order valence-corrected chi connectivity index (χ1v) is 16.6.